The molecule has 0 aliphatic carbocycles. The Morgan fingerprint density at radius 3 is 3.00 bits per heavy atom. The van der Waals surface area contributed by atoms with E-state index in [1.165, 1.54) is 0 Å². The van der Waals surface area contributed by atoms with Crippen LogP contribution in [0.15, 0.2) is 18.5 Å². The Morgan fingerprint density at radius 2 is 2.25 bits per heavy atom. The van der Waals surface area contributed by atoms with Gasteiger partial charge < -0.3 is 19.4 Å². The maximum Gasteiger partial charge on any atom is 0.320 e. The van der Waals surface area contributed by atoms with E-state index in [-0.39, 0.29) is 12.1 Å². The summed E-state index contributed by atoms with van der Waals surface area (Å²) in [6.07, 6.45) is 4.31. The van der Waals surface area contributed by atoms with Crippen LogP contribution in [0.4, 0.5) is 10.6 Å². The molecule has 9 heteroatoms. The van der Waals surface area contributed by atoms with Gasteiger partial charge in [0, 0.05) is 33.5 Å². The van der Waals surface area contributed by atoms with Crippen LogP contribution in [-0.4, -0.2) is 54.5 Å². The number of aromatic nitrogens is 3. The molecule has 0 radical (unpaired) electrons. The lowest BCUT2D eigenvalue weighted by Crippen LogP contribution is -2.46. The van der Waals surface area contributed by atoms with Crippen molar-refractivity contribution in [1.82, 2.24) is 19.9 Å². The van der Waals surface area contributed by atoms with Crippen LogP contribution >= 0.6 is 0 Å². The predicted octanol–water partition coefficient (Wildman–Crippen LogP) is 3.29. The SMILES string of the molecule is CC1COCCC1NC(=O)Nc1cnc2c(ccn2COCC[Si](C)(C)C)n1. The molecule has 0 bridgehead atoms. The molecule has 1 aliphatic rings. The molecule has 0 aromatic carbocycles. The summed E-state index contributed by atoms with van der Waals surface area (Å²) >= 11 is 0. The zero-order valence-corrected chi connectivity index (χ0v) is 18.2. The van der Waals surface area contributed by atoms with Gasteiger partial charge >= 0.3 is 6.03 Å². The van der Waals surface area contributed by atoms with E-state index in [1.807, 2.05) is 16.8 Å². The minimum atomic E-state index is -1.09. The Kier molecular flexibility index (Phi) is 6.68. The number of fused-ring (bicyclic) bond motifs is 1. The van der Waals surface area contributed by atoms with Crippen molar-refractivity contribution >= 4 is 31.1 Å². The van der Waals surface area contributed by atoms with Crippen molar-refractivity contribution < 1.29 is 14.3 Å². The average molecular weight is 406 g/mol. The highest BCUT2D eigenvalue weighted by atomic mass is 28.3. The number of nitrogens with zero attached hydrogens (tertiary/aromatic N) is 3. The largest absolute Gasteiger partial charge is 0.381 e. The zero-order chi connectivity index (χ0) is 20.1. The maximum absolute atomic E-state index is 12.3. The van der Waals surface area contributed by atoms with E-state index >= 15 is 0 Å². The lowest BCUT2D eigenvalue weighted by atomic mass is 9.98. The number of carbonyl (C=O) groups excluding carboxylic acids is 1. The molecule has 8 nitrogen and oxygen atoms in total. The van der Waals surface area contributed by atoms with Gasteiger partial charge in [-0.3, -0.25) is 5.32 Å². The van der Waals surface area contributed by atoms with Gasteiger partial charge in [0.15, 0.2) is 11.5 Å². The van der Waals surface area contributed by atoms with Gasteiger partial charge in [0.25, 0.3) is 0 Å². The number of carbonyl (C=O) groups is 1. The summed E-state index contributed by atoms with van der Waals surface area (Å²) in [4.78, 5) is 21.2. The third kappa shape index (κ3) is 5.76. The molecule has 2 atom stereocenters. The average Bonchev–Trinajstić information content (AvgIpc) is 3.02. The molecule has 0 saturated carbocycles. The molecule has 2 aromatic heterocycles. The second-order valence-corrected chi connectivity index (χ2v) is 14.3. The Morgan fingerprint density at radius 1 is 1.43 bits per heavy atom. The predicted molar refractivity (Wildman–Crippen MR) is 112 cm³/mol. The van der Waals surface area contributed by atoms with Crippen molar-refractivity contribution in [2.24, 2.45) is 5.92 Å². The van der Waals surface area contributed by atoms with Crippen LogP contribution in [0.2, 0.25) is 25.7 Å². The summed E-state index contributed by atoms with van der Waals surface area (Å²) in [5.41, 5.74) is 1.48. The van der Waals surface area contributed by atoms with Gasteiger partial charge in [-0.05, 0) is 24.4 Å². The summed E-state index contributed by atoms with van der Waals surface area (Å²) in [7, 11) is -1.09. The van der Waals surface area contributed by atoms with Gasteiger partial charge in [0.1, 0.15) is 12.2 Å². The first-order valence-corrected chi connectivity index (χ1v) is 13.6. The third-order valence-corrected chi connectivity index (χ3v) is 6.59. The van der Waals surface area contributed by atoms with E-state index in [1.54, 1.807) is 6.20 Å². The van der Waals surface area contributed by atoms with Crippen molar-refractivity contribution in [1.29, 1.82) is 0 Å². The lowest BCUT2D eigenvalue weighted by molar-refractivity contribution is 0.0424. The molecule has 28 heavy (non-hydrogen) atoms. The molecule has 2 aromatic rings. The number of ether oxygens (including phenoxy) is 2. The number of amides is 2. The zero-order valence-electron chi connectivity index (χ0n) is 17.2. The molecule has 3 heterocycles. The third-order valence-electron chi connectivity index (χ3n) is 4.89. The van der Waals surface area contributed by atoms with Gasteiger partial charge in [-0.1, -0.05) is 26.6 Å². The van der Waals surface area contributed by atoms with E-state index in [4.69, 9.17) is 9.47 Å². The first-order valence-electron chi connectivity index (χ1n) is 9.87. The summed E-state index contributed by atoms with van der Waals surface area (Å²) in [5, 5.41) is 5.78. The van der Waals surface area contributed by atoms with Crippen molar-refractivity contribution in [3.8, 4) is 0 Å². The Labute approximate surface area is 167 Å². The molecular weight excluding hydrogens is 374 g/mol. The number of nitrogens with one attached hydrogen (secondary N) is 2. The van der Waals surface area contributed by atoms with E-state index in [0.717, 1.165) is 30.2 Å². The number of rotatable bonds is 7. The van der Waals surface area contributed by atoms with Crippen LogP contribution in [-0.2, 0) is 16.2 Å². The first-order chi connectivity index (χ1) is 13.3. The summed E-state index contributed by atoms with van der Waals surface area (Å²) in [5.74, 6) is 0.727. The van der Waals surface area contributed by atoms with Crippen LogP contribution in [0, 0.1) is 5.92 Å². The molecule has 1 aliphatic heterocycles. The topological polar surface area (TPSA) is 90.3 Å². The minimum absolute atomic E-state index is 0.111. The highest BCUT2D eigenvalue weighted by molar-refractivity contribution is 6.76. The van der Waals surface area contributed by atoms with E-state index in [0.29, 0.717) is 31.7 Å². The van der Waals surface area contributed by atoms with E-state index < -0.39 is 8.07 Å². The Balaban J connectivity index is 1.55. The molecule has 1 saturated heterocycles. The van der Waals surface area contributed by atoms with Crippen molar-refractivity contribution in [3.05, 3.63) is 18.5 Å². The van der Waals surface area contributed by atoms with Crippen molar-refractivity contribution in [3.63, 3.8) is 0 Å². The Bertz CT molecular complexity index is 804. The molecule has 3 rings (SSSR count). The number of urea groups is 1. The van der Waals surface area contributed by atoms with Crippen molar-refractivity contribution in [2.75, 3.05) is 25.1 Å². The Hall–Kier alpha value is -1.97. The van der Waals surface area contributed by atoms with Crippen LogP contribution in [0.3, 0.4) is 0 Å². The van der Waals surface area contributed by atoms with Gasteiger partial charge in [-0.2, -0.15) is 0 Å². The molecule has 2 N–H and O–H groups in total. The fourth-order valence-corrected chi connectivity index (χ4v) is 3.84. The van der Waals surface area contributed by atoms with Gasteiger partial charge in [0.05, 0.1) is 12.8 Å². The van der Waals surface area contributed by atoms with Crippen LogP contribution < -0.4 is 10.6 Å². The smallest absolute Gasteiger partial charge is 0.320 e. The first kappa shape index (κ1) is 20.8. The van der Waals surface area contributed by atoms with Gasteiger partial charge in [-0.15, -0.1) is 0 Å². The lowest BCUT2D eigenvalue weighted by Gasteiger charge is -2.29. The monoisotopic (exact) mass is 405 g/mol. The highest BCUT2D eigenvalue weighted by Gasteiger charge is 2.23. The normalized spacial score (nSPS) is 20.3. The second-order valence-electron chi connectivity index (χ2n) is 8.64. The van der Waals surface area contributed by atoms with E-state index in [2.05, 4.69) is 47.2 Å². The maximum atomic E-state index is 12.3. The van der Waals surface area contributed by atoms with Crippen LogP contribution in [0.25, 0.3) is 11.2 Å². The number of anilines is 1. The molecule has 0 spiro atoms. The molecule has 2 amide bonds. The van der Waals surface area contributed by atoms with Gasteiger partial charge in [0.2, 0.25) is 0 Å². The van der Waals surface area contributed by atoms with Crippen LogP contribution in [0.5, 0.6) is 0 Å². The number of hydrogen-bond acceptors (Lipinski definition) is 5. The number of hydrogen-bond donors (Lipinski definition) is 2. The summed E-state index contributed by atoms with van der Waals surface area (Å²) in [6, 6.07) is 2.86. The quantitative estimate of drug-likeness (QED) is 0.545. The molecule has 154 valence electrons. The van der Waals surface area contributed by atoms with Gasteiger partial charge in [-0.25, -0.2) is 14.8 Å². The summed E-state index contributed by atoms with van der Waals surface area (Å²) in [6.45, 7) is 11.6. The fourth-order valence-electron chi connectivity index (χ4n) is 3.08. The van der Waals surface area contributed by atoms with E-state index in [9.17, 15) is 4.79 Å². The van der Waals surface area contributed by atoms with Crippen molar-refractivity contribution in [2.45, 2.75) is 51.8 Å². The summed E-state index contributed by atoms with van der Waals surface area (Å²) < 4.78 is 13.1. The second kappa shape index (κ2) is 9.02. The standard InChI is InChI=1S/C19H31N5O3Si/c1-14-12-26-8-6-15(14)22-19(25)23-17-11-20-18-16(21-17)5-7-24(18)13-27-9-10-28(2,3)4/h5,7,11,14-15H,6,8-10,12-13H2,1-4H3,(H2,21,22,23,25). The van der Waals surface area contributed by atoms with Crippen LogP contribution in [0.1, 0.15) is 13.3 Å². The molecule has 2 unspecified atom stereocenters. The molecular formula is C19H31N5O3Si. The molecule has 1 fully saturated rings. The minimum Gasteiger partial charge on any atom is -0.381 e. The highest BCUT2D eigenvalue weighted by Crippen LogP contribution is 2.16. The fraction of sp³-hybridized carbons (Fsp3) is 0.632.